The molecular formula is C20H20N4O2. The smallest absolute Gasteiger partial charge is 0.259 e. The van der Waals surface area contributed by atoms with Crippen LogP contribution in [0.2, 0.25) is 0 Å². The zero-order valence-electron chi connectivity index (χ0n) is 14.7. The summed E-state index contributed by atoms with van der Waals surface area (Å²) in [5.41, 5.74) is 3.50. The van der Waals surface area contributed by atoms with Crippen molar-refractivity contribution in [3.63, 3.8) is 0 Å². The Morgan fingerprint density at radius 1 is 1.04 bits per heavy atom. The van der Waals surface area contributed by atoms with Crippen LogP contribution in [-0.4, -0.2) is 28.6 Å². The fourth-order valence-electron chi connectivity index (χ4n) is 2.73. The maximum atomic E-state index is 12.7. The number of amides is 2. The van der Waals surface area contributed by atoms with Gasteiger partial charge in [0.2, 0.25) is 0 Å². The monoisotopic (exact) mass is 348 g/mol. The summed E-state index contributed by atoms with van der Waals surface area (Å²) >= 11 is 0. The second-order valence-electron chi connectivity index (χ2n) is 5.90. The number of carbonyl (C=O) groups is 2. The van der Waals surface area contributed by atoms with Crippen LogP contribution in [-0.2, 0) is 13.5 Å². The second kappa shape index (κ2) is 7.65. The van der Waals surface area contributed by atoms with E-state index < -0.39 is 0 Å². The number of aryl methyl sites for hydroxylation is 1. The van der Waals surface area contributed by atoms with E-state index in [1.165, 1.54) is 0 Å². The molecule has 2 aromatic carbocycles. The third-order valence-corrected chi connectivity index (χ3v) is 4.13. The van der Waals surface area contributed by atoms with Gasteiger partial charge in [-0.15, -0.1) is 0 Å². The van der Waals surface area contributed by atoms with Crippen molar-refractivity contribution in [1.29, 1.82) is 0 Å². The average molecular weight is 348 g/mol. The summed E-state index contributed by atoms with van der Waals surface area (Å²) in [6, 6.07) is 16.7. The molecule has 2 N–H and O–H groups in total. The summed E-state index contributed by atoms with van der Waals surface area (Å²) in [5.74, 6) is -0.453. The molecule has 0 saturated heterocycles. The summed E-state index contributed by atoms with van der Waals surface area (Å²) in [7, 11) is 3.39. The van der Waals surface area contributed by atoms with Gasteiger partial charge in [0.05, 0.1) is 17.5 Å². The van der Waals surface area contributed by atoms with Crippen molar-refractivity contribution in [2.75, 3.05) is 12.4 Å². The van der Waals surface area contributed by atoms with Crippen LogP contribution in [0.15, 0.2) is 60.8 Å². The van der Waals surface area contributed by atoms with E-state index in [4.69, 9.17) is 0 Å². The molecular weight excluding hydrogens is 328 g/mol. The Hall–Kier alpha value is -3.41. The minimum absolute atomic E-state index is 0.202. The lowest BCUT2D eigenvalue weighted by Crippen LogP contribution is -2.18. The van der Waals surface area contributed by atoms with Crippen LogP contribution in [0.4, 0.5) is 5.69 Å². The van der Waals surface area contributed by atoms with Crippen molar-refractivity contribution < 1.29 is 9.59 Å². The minimum atomic E-state index is -0.252. The predicted octanol–water partition coefficient (Wildman–Crippen LogP) is 2.62. The Balaban J connectivity index is 1.82. The molecule has 0 radical (unpaired) electrons. The number of anilines is 1. The van der Waals surface area contributed by atoms with Crippen molar-refractivity contribution in [1.82, 2.24) is 15.1 Å². The second-order valence-corrected chi connectivity index (χ2v) is 5.90. The Kier molecular flexibility index (Phi) is 5.12. The third-order valence-electron chi connectivity index (χ3n) is 4.13. The van der Waals surface area contributed by atoms with Crippen LogP contribution < -0.4 is 10.6 Å². The fourth-order valence-corrected chi connectivity index (χ4v) is 2.73. The van der Waals surface area contributed by atoms with E-state index in [0.29, 0.717) is 23.2 Å². The largest absolute Gasteiger partial charge is 0.355 e. The van der Waals surface area contributed by atoms with E-state index >= 15 is 0 Å². The van der Waals surface area contributed by atoms with Crippen LogP contribution in [0.25, 0.3) is 0 Å². The topological polar surface area (TPSA) is 76.0 Å². The molecule has 26 heavy (non-hydrogen) atoms. The van der Waals surface area contributed by atoms with Gasteiger partial charge in [0.25, 0.3) is 11.8 Å². The summed E-state index contributed by atoms with van der Waals surface area (Å²) in [5, 5.41) is 9.64. The molecule has 0 spiro atoms. The van der Waals surface area contributed by atoms with Gasteiger partial charge in [-0.05, 0) is 23.8 Å². The van der Waals surface area contributed by atoms with Crippen molar-refractivity contribution in [2.45, 2.75) is 6.42 Å². The van der Waals surface area contributed by atoms with Crippen LogP contribution in [0, 0.1) is 0 Å². The molecule has 0 saturated carbocycles. The van der Waals surface area contributed by atoms with E-state index in [-0.39, 0.29) is 11.8 Å². The predicted molar refractivity (Wildman–Crippen MR) is 100 cm³/mol. The number of hydrogen-bond acceptors (Lipinski definition) is 3. The van der Waals surface area contributed by atoms with Crippen LogP contribution in [0.1, 0.15) is 32.0 Å². The first-order valence-electron chi connectivity index (χ1n) is 8.27. The van der Waals surface area contributed by atoms with Crippen molar-refractivity contribution in [3.05, 3.63) is 83.2 Å². The Morgan fingerprint density at radius 2 is 1.81 bits per heavy atom. The first kappa shape index (κ1) is 17.4. The van der Waals surface area contributed by atoms with Gasteiger partial charge in [0, 0.05) is 31.8 Å². The molecule has 0 aliphatic rings. The molecule has 6 nitrogen and oxygen atoms in total. The normalized spacial score (nSPS) is 10.4. The van der Waals surface area contributed by atoms with E-state index in [9.17, 15) is 9.59 Å². The molecule has 3 aromatic rings. The van der Waals surface area contributed by atoms with E-state index in [0.717, 1.165) is 11.3 Å². The summed E-state index contributed by atoms with van der Waals surface area (Å²) in [6.07, 6.45) is 2.18. The molecule has 1 aromatic heterocycles. The molecule has 0 atom stereocenters. The number of carbonyl (C=O) groups excluding carboxylic acids is 2. The Bertz CT molecular complexity index is 932. The van der Waals surface area contributed by atoms with Gasteiger partial charge in [-0.3, -0.25) is 14.3 Å². The molecule has 0 fully saturated rings. The number of nitrogens with zero attached hydrogens (tertiary/aromatic N) is 2. The average Bonchev–Trinajstić information content (AvgIpc) is 3.02. The molecule has 1 heterocycles. The lowest BCUT2D eigenvalue weighted by molar-refractivity contribution is 0.0961. The lowest BCUT2D eigenvalue weighted by atomic mass is 10.1. The van der Waals surface area contributed by atoms with Gasteiger partial charge < -0.3 is 10.6 Å². The molecule has 0 bridgehead atoms. The summed E-state index contributed by atoms with van der Waals surface area (Å²) < 4.78 is 1.71. The van der Waals surface area contributed by atoms with Crippen molar-refractivity contribution >= 4 is 17.5 Å². The van der Waals surface area contributed by atoms with E-state index in [1.54, 1.807) is 42.2 Å². The molecule has 6 heteroatoms. The highest BCUT2D eigenvalue weighted by Crippen LogP contribution is 2.17. The van der Waals surface area contributed by atoms with Gasteiger partial charge in [-0.1, -0.05) is 36.4 Å². The molecule has 132 valence electrons. The quantitative estimate of drug-likeness (QED) is 0.744. The standard InChI is InChI=1S/C20H20N4O2/c1-21-19(25)15-9-6-10-16(12-15)23-20(26)17-13-22-24(2)18(17)11-14-7-4-3-5-8-14/h3-10,12-13H,11H2,1-2H3,(H,21,25)(H,23,26). The molecule has 2 amide bonds. The number of nitrogens with one attached hydrogen (secondary N) is 2. The van der Waals surface area contributed by atoms with Gasteiger partial charge in [0.15, 0.2) is 0 Å². The summed E-state index contributed by atoms with van der Waals surface area (Å²) in [6.45, 7) is 0. The van der Waals surface area contributed by atoms with Crippen LogP contribution in [0.3, 0.4) is 0 Å². The highest BCUT2D eigenvalue weighted by Gasteiger charge is 2.17. The number of rotatable bonds is 5. The fraction of sp³-hybridized carbons (Fsp3) is 0.150. The maximum Gasteiger partial charge on any atom is 0.259 e. The van der Waals surface area contributed by atoms with E-state index in [2.05, 4.69) is 15.7 Å². The van der Waals surface area contributed by atoms with Gasteiger partial charge in [0.1, 0.15) is 0 Å². The highest BCUT2D eigenvalue weighted by molar-refractivity contribution is 6.05. The summed E-state index contributed by atoms with van der Waals surface area (Å²) in [4.78, 5) is 24.5. The number of hydrogen-bond donors (Lipinski definition) is 2. The SMILES string of the molecule is CNC(=O)c1cccc(NC(=O)c2cnn(C)c2Cc2ccccc2)c1. The highest BCUT2D eigenvalue weighted by atomic mass is 16.2. The zero-order valence-corrected chi connectivity index (χ0v) is 14.7. The maximum absolute atomic E-state index is 12.7. The molecule has 0 aliphatic heterocycles. The zero-order chi connectivity index (χ0) is 18.5. The Morgan fingerprint density at radius 3 is 2.54 bits per heavy atom. The lowest BCUT2D eigenvalue weighted by Gasteiger charge is -2.09. The van der Waals surface area contributed by atoms with Crippen LogP contribution >= 0.6 is 0 Å². The molecule has 0 aliphatic carbocycles. The minimum Gasteiger partial charge on any atom is -0.355 e. The van der Waals surface area contributed by atoms with Gasteiger partial charge in [-0.2, -0.15) is 5.10 Å². The van der Waals surface area contributed by atoms with Crippen LogP contribution in [0.5, 0.6) is 0 Å². The molecule has 0 unspecified atom stereocenters. The van der Waals surface area contributed by atoms with Gasteiger partial charge >= 0.3 is 0 Å². The Labute approximate surface area is 151 Å². The van der Waals surface area contributed by atoms with Gasteiger partial charge in [-0.25, -0.2) is 0 Å². The number of benzene rings is 2. The van der Waals surface area contributed by atoms with E-state index in [1.807, 2.05) is 37.4 Å². The third kappa shape index (κ3) is 3.80. The number of aromatic nitrogens is 2. The van der Waals surface area contributed by atoms with Crippen molar-refractivity contribution in [3.8, 4) is 0 Å². The molecule has 3 rings (SSSR count). The van der Waals surface area contributed by atoms with Crippen molar-refractivity contribution in [2.24, 2.45) is 7.05 Å². The first-order valence-corrected chi connectivity index (χ1v) is 8.27. The first-order chi connectivity index (χ1) is 12.6.